The molecule has 5 rings (SSSR count). The summed E-state index contributed by atoms with van der Waals surface area (Å²) in [5.41, 5.74) is 3.59. The molecule has 1 saturated heterocycles. The lowest BCUT2D eigenvalue weighted by atomic mass is 9.92. The first kappa shape index (κ1) is 20.4. The smallest absolute Gasteiger partial charge is 0.222 e. The van der Waals surface area contributed by atoms with Crippen LogP contribution in [-0.4, -0.2) is 50.3 Å². The minimum absolute atomic E-state index is 0.426. The van der Waals surface area contributed by atoms with E-state index in [-0.39, 0.29) is 0 Å². The number of fused-ring (bicyclic) bond motifs is 2. The van der Waals surface area contributed by atoms with Crippen molar-refractivity contribution in [1.29, 1.82) is 0 Å². The Labute approximate surface area is 185 Å². The Balaban J connectivity index is 1.17. The normalized spacial score (nSPS) is 24.1. The molecule has 3 atom stereocenters. The van der Waals surface area contributed by atoms with Crippen LogP contribution in [0.1, 0.15) is 40.0 Å². The Morgan fingerprint density at radius 1 is 1.03 bits per heavy atom. The highest BCUT2D eigenvalue weighted by Gasteiger charge is 2.40. The van der Waals surface area contributed by atoms with Crippen molar-refractivity contribution in [1.82, 2.24) is 24.6 Å². The van der Waals surface area contributed by atoms with E-state index >= 15 is 0 Å². The van der Waals surface area contributed by atoms with E-state index in [9.17, 15) is 0 Å². The molecule has 2 fully saturated rings. The number of benzene rings is 1. The molecule has 1 saturated carbocycles. The summed E-state index contributed by atoms with van der Waals surface area (Å²) in [6.45, 7) is 10.8. The number of nitrogens with one attached hydrogen (secondary N) is 1. The van der Waals surface area contributed by atoms with Gasteiger partial charge < -0.3 is 10.2 Å². The molecule has 1 N–H and O–H groups in total. The second-order valence-corrected chi connectivity index (χ2v) is 10.8. The fourth-order valence-corrected chi connectivity index (χ4v) is 5.25. The summed E-state index contributed by atoms with van der Waals surface area (Å²) in [4.78, 5) is 11.9. The van der Waals surface area contributed by atoms with Crippen LogP contribution in [0.3, 0.4) is 0 Å². The molecule has 164 valence electrons. The van der Waals surface area contributed by atoms with Crippen LogP contribution in [0.2, 0.25) is 0 Å². The van der Waals surface area contributed by atoms with Gasteiger partial charge in [-0.05, 0) is 60.8 Å². The fraction of sp³-hybridized carbons (Fsp3) is 0.560. The second-order valence-electron chi connectivity index (χ2n) is 10.8. The van der Waals surface area contributed by atoms with Gasteiger partial charge in [0.25, 0.3) is 0 Å². The first-order valence-corrected chi connectivity index (χ1v) is 11.6. The Morgan fingerprint density at radius 3 is 2.42 bits per heavy atom. The number of hydrogen-bond donors (Lipinski definition) is 1. The van der Waals surface area contributed by atoms with Crippen molar-refractivity contribution in [3.05, 3.63) is 36.8 Å². The van der Waals surface area contributed by atoms with Crippen LogP contribution in [0.5, 0.6) is 0 Å². The van der Waals surface area contributed by atoms with Crippen molar-refractivity contribution in [2.75, 3.05) is 25.0 Å². The van der Waals surface area contributed by atoms with E-state index < -0.39 is 0 Å². The van der Waals surface area contributed by atoms with Gasteiger partial charge in [0.05, 0.1) is 5.52 Å². The van der Waals surface area contributed by atoms with Crippen LogP contribution in [0.4, 0.5) is 5.95 Å². The molecule has 6 heteroatoms. The van der Waals surface area contributed by atoms with Gasteiger partial charge in [-0.25, -0.2) is 9.97 Å². The van der Waals surface area contributed by atoms with E-state index in [1.165, 1.54) is 38.9 Å². The van der Waals surface area contributed by atoms with Crippen LogP contribution in [-0.2, 0) is 7.05 Å². The zero-order valence-corrected chi connectivity index (χ0v) is 19.2. The molecule has 1 aliphatic heterocycles. The van der Waals surface area contributed by atoms with Crippen molar-refractivity contribution < 1.29 is 0 Å². The lowest BCUT2D eigenvalue weighted by Gasteiger charge is -2.24. The summed E-state index contributed by atoms with van der Waals surface area (Å²) in [6, 6.07) is 6.79. The van der Waals surface area contributed by atoms with Crippen molar-refractivity contribution >= 4 is 16.9 Å². The number of likely N-dealkylation sites (tertiary alicyclic amines) is 1. The SMILES string of the molecule is Cn1cc2cc(-c3cnc(NC4C[C@@H]5CN(CCC(C)(C)C)C[C@@H]5C4)nc3)ccc2n1. The molecule has 2 aliphatic rings. The maximum Gasteiger partial charge on any atom is 0.222 e. The first-order valence-electron chi connectivity index (χ1n) is 11.6. The molecule has 1 aliphatic carbocycles. The summed E-state index contributed by atoms with van der Waals surface area (Å²) in [7, 11) is 1.95. The first-order chi connectivity index (χ1) is 14.8. The van der Waals surface area contributed by atoms with Crippen LogP contribution < -0.4 is 5.32 Å². The zero-order chi connectivity index (χ0) is 21.6. The lowest BCUT2D eigenvalue weighted by Crippen LogP contribution is -2.28. The zero-order valence-electron chi connectivity index (χ0n) is 19.2. The fourth-order valence-electron chi connectivity index (χ4n) is 5.25. The summed E-state index contributed by atoms with van der Waals surface area (Å²) in [6.07, 6.45) is 9.64. The van der Waals surface area contributed by atoms with Gasteiger partial charge >= 0.3 is 0 Å². The summed E-state index contributed by atoms with van der Waals surface area (Å²) in [5.74, 6) is 2.40. The molecule has 6 nitrogen and oxygen atoms in total. The quantitative estimate of drug-likeness (QED) is 0.657. The monoisotopic (exact) mass is 418 g/mol. The highest BCUT2D eigenvalue weighted by Crippen LogP contribution is 2.39. The summed E-state index contributed by atoms with van der Waals surface area (Å²) in [5, 5.41) is 9.17. The van der Waals surface area contributed by atoms with E-state index in [4.69, 9.17) is 0 Å². The van der Waals surface area contributed by atoms with Gasteiger partial charge in [0, 0.05) is 55.7 Å². The van der Waals surface area contributed by atoms with E-state index in [1.807, 2.05) is 30.3 Å². The number of hydrogen-bond acceptors (Lipinski definition) is 5. The number of aromatic nitrogens is 4. The third kappa shape index (κ3) is 4.59. The minimum atomic E-state index is 0.426. The van der Waals surface area contributed by atoms with Crippen LogP contribution in [0.25, 0.3) is 22.0 Å². The number of aryl methyl sites for hydroxylation is 1. The topological polar surface area (TPSA) is 58.9 Å². The maximum atomic E-state index is 4.62. The van der Waals surface area contributed by atoms with Gasteiger partial charge in [0.2, 0.25) is 5.95 Å². The highest BCUT2D eigenvalue weighted by molar-refractivity contribution is 5.83. The van der Waals surface area contributed by atoms with Crippen LogP contribution in [0, 0.1) is 17.3 Å². The molecule has 1 unspecified atom stereocenters. The van der Waals surface area contributed by atoms with E-state index in [0.717, 1.165) is 39.8 Å². The molecule has 1 aromatic carbocycles. The minimum Gasteiger partial charge on any atom is -0.351 e. The Bertz CT molecular complexity index is 1030. The molecule has 0 amide bonds. The maximum absolute atomic E-state index is 4.62. The molecule has 2 aromatic heterocycles. The predicted molar refractivity (Wildman–Crippen MR) is 126 cm³/mol. The second kappa shape index (κ2) is 7.90. The molecule has 0 bridgehead atoms. The van der Waals surface area contributed by atoms with Gasteiger partial charge in [-0.15, -0.1) is 0 Å². The van der Waals surface area contributed by atoms with Gasteiger partial charge in [0.15, 0.2) is 0 Å². The van der Waals surface area contributed by atoms with Crippen LogP contribution in [0.15, 0.2) is 36.8 Å². The third-order valence-corrected chi connectivity index (χ3v) is 6.94. The third-order valence-electron chi connectivity index (χ3n) is 6.94. The molecule has 31 heavy (non-hydrogen) atoms. The Morgan fingerprint density at radius 2 is 1.74 bits per heavy atom. The number of anilines is 1. The van der Waals surface area contributed by atoms with Crippen LogP contribution >= 0.6 is 0 Å². The Kier molecular flexibility index (Phi) is 5.21. The lowest BCUT2D eigenvalue weighted by molar-refractivity contribution is 0.250. The molecular formula is C25H34N6. The van der Waals surface area contributed by atoms with Gasteiger partial charge in [0.1, 0.15) is 0 Å². The molecule has 3 heterocycles. The van der Waals surface area contributed by atoms with Crippen molar-refractivity contribution in [2.24, 2.45) is 24.3 Å². The standard InChI is InChI=1S/C25H34N6/c1-25(2,3)7-8-31-15-18-10-22(11-19(18)16-31)28-24-26-12-21(13-27-24)17-5-6-23-20(9-17)14-30(4)29-23/h5-6,9,12-14,18-19,22H,7-8,10-11,15-16H2,1-4H3,(H,26,27,28)/t18-,19+,22?. The predicted octanol–water partition coefficient (Wildman–Crippen LogP) is 4.59. The summed E-state index contributed by atoms with van der Waals surface area (Å²) < 4.78 is 1.85. The Hall–Kier alpha value is -2.47. The van der Waals surface area contributed by atoms with Gasteiger partial charge in [-0.2, -0.15) is 5.10 Å². The van der Waals surface area contributed by atoms with E-state index in [2.05, 4.69) is 64.3 Å². The number of nitrogens with zero attached hydrogens (tertiary/aromatic N) is 5. The molecule has 0 radical (unpaired) electrons. The average Bonchev–Trinajstić information content (AvgIpc) is 3.37. The molecule has 0 spiro atoms. The van der Waals surface area contributed by atoms with Crippen molar-refractivity contribution in [3.63, 3.8) is 0 Å². The van der Waals surface area contributed by atoms with Gasteiger partial charge in [-0.1, -0.05) is 26.8 Å². The van der Waals surface area contributed by atoms with Crippen molar-refractivity contribution in [2.45, 2.75) is 46.1 Å². The van der Waals surface area contributed by atoms with Crippen molar-refractivity contribution in [3.8, 4) is 11.1 Å². The van der Waals surface area contributed by atoms with E-state index in [0.29, 0.717) is 11.5 Å². The van der Waals surface area contributed by atoms with E-state index in [1.54, 1.807) is 0 Å². The molecule has 3 aromatic rings. The summed E-state index contributed by atoms with van der Waals surface area (Å²) >= 11 is 0. The highest BCUT2D eigenvalue weighted by atomic mass is 15.2. The average molecular weight is 419 g/mol. The molecular weight excluding hydrogens is 384 g/mol. The largest absolute Gasteiger partial charge is 0.351 e. The number of rotatable bonds is 5. The van der Waals surface area contributed by atoms with Gasteiger partial charge in [-0.3, -0.25) is 4.68 Å².